The number of fused-ring (bicyclic) bond motifs is 1. The lowest BCUT2D eigenvalue weighted by Gasteiger charge is -2.42. The number of aromatic nitrogens is 1. The molecular weight excluding hydrogens is 258 g/mol. The van der Waals surface area contributed by atoms with Gasteiger partial charge in [-0.3, -0.25) is 9.88 Å². The summed E-state index contributed by atoms with van der Waals surface area (Å²) in [6.45, 7) is 10.9. The lowest BCUT2D eigenvalue weighted by molar-refractivity contribution is 0.107. The van der Waals surface area contributed by atoms with Gasteiger partial charge in [-0.1, -0.05) is 32.0 Å². The molecule has 3 heteroatoms. The van der Waals surface area contributed by atoms with Crippen LogP contribution in [0, 0.1) is 0 Å². The maximum absolute atomic E-state index is 6.56. The van der Waals surface area contributed by atoms with E-state index >= 15 is 0 Å². The molecule has 0 saturated heterocycles. The van der Waals surface area contributed by atoms with E-state index in [2.05, 4.69) is 61.8 Å². The Morgan fingerprint density at radius 2 is 1.81 bits per heavy atom. The molecule has 0 amide bonds. The minimum atomic E-state index is -0.0200. The van der Waals surface area contributed by atoms with Gasteiger partial charge in [0.25, 0.3) is 0 Å². The van der Waals surface area contributed by atoms with Crippen LogP contribution in [-0.4, -0.2) is 34.6 Å². The van der Waals surface area contributed by atoms with Crippen LogP contribution in [-0.2, 0) is 6.42 Å². The van der Waals surface area contributed by atoms with Gasteiger partial charge in [0.2, 0.25) is 0 Å². The number of hydrogen-bond donors (Lipinski definition) is 1. The molecule has 0 radical (unpaired) electrons. The standard InChI is InChI=1S/C18H27N3/c1-5-21(6-2)18(3,4)17(19)13-14-11-12-20-16-10-8-7-9-15(14)16/h7-12,17H,5-6,13,19H2,1-4H3. The van der Waals surface area contributed by atoms with Gasteiger partial charge in [-0.05, 0) is 51.1 Å². The van der Waals surface area contributed by atoms with Crippen LogP contribution >= 0.6 is 0 Å². The van der Waals surface area contributed by atoms with Gasteiger partial charge in [0.15, 0.2) is 0 Å². The Labute approximate surface area is 128 Å². The SMILES string of the molecule is CCN(CC)C(C)(C)C(N)Cc1ccnc2ccccc12. The Balaban J connectivity index is 2.27. The van der Waals surface area contributed by atoms with E-state index in [0.29, 0.717) is 0 Å². The van der Waals surface area contributed by atoms with Crippen molar-refractivity contribution in [3.05, 3.63) is 42.1 Å². The molecule has 0 aliphatic carbocycles. The van der Waals surface area contributed by atoms with Crippen LogP contribution in [0.1, 0.15) is 33.3 Å². The Bertz CT molecular complexity index is 583. The lowest BCUT2D eigenvalue weighted by atomic mass is 9.87. The van der Waals surface area contributed by atoms with E-state index in [1.807, 2.05) is 12.3 Å². The molecular formula is C18H27N3. The van der Waals surface area contributed by atoms with Gasteiger partial charge in [0.05, 0.1) is 5.52 Å². The Kier molecular flexibility index (Phi) is 4.96. The monoisotopic (exact) mass is 285 g/mol. The fraction of sp³-hybridized carbons (Fsp3) is 0.500. The third-order valence-corrected chi connectivity index (χ3v) is 4.67. The van der Waals surface area contributed by atoms with Crippen molar-refractivity contribution < 1.29 is 0 Å². The van der Waals surface area contributed by atoms with Gasteiger partial charge in [-0.25, -0.2) is 0 Å². The van der Waals surface area contributed by atoms with Crippen LogP contribution in [0.5, 0.6) is 0 Å². The highest BCUT2D eigenvalue weighted by atomic mass is 15.2. The van der Waals surface area contributed by atoms with Crippen LogP contribution < -0.4 is 5.73 Å². The van der Waals surface area contributed by atoms with Gasteiger partial charge in [0.1, 0.15) is 0 Å². The van der Waals surface area contributed by atoms with Gasteiger partial charge in [0, 0.05) is 23.2 Å². The first-order valence-electron chi connectivity index (χ1n) is 7.84. The summed E-state index contributed by atoms with van der Waals surface area (Å²) in [7, 11) is 0. The highest BCUT2D eigenvalue weighted by Gasteiger charge is 2.31. The third kappa shape index (κ3) is 3.25. The van der Waals surface area contributed by atoms with Crippen LogP contribution in [0.15, 0.2) is 36.5 Å². The zero-order chi connectivity index (χ0) is 15.5. The first-order valence-corrected chi connectivity index (χ1v) is 7.84. The van der Waals surface area contributed by atoms with Crippen molar-refractivity contribution >= 4 is 10.9 Å². The number of para-hydroxylation sites is 1. The Hall–Kier alpha value is -1.45. The van der Waals surface area contributed by atoms with Gasteiger partial charge < -0.3 is 5.73 Å². The first kappa shape index (κ1) is 15.9. The quantitative estimate of drug-likeness (QED) is 0.886. The van der Waals surface area contributed by atoms with Gasteiger partial charge >= 0.3 is 0 Å². The van der Waals surface area contributed by atoms with Gasteiger partial charge in [-0.15, -0.1) is 0 Å². The third-order valence-electron chi connectivity index (χ3n) is 4.67. The molecule has 0 bridgehead atoms. The van der Waals surface area contributed by atoms with Crippen molar-refractivity contribution in [1.82, 2.24) is 9.88 Å². The minimum Gasteiger partial charge on any atom is -0.326 e. The summed E-state index contributed by atoms with van der Waals surface area (Å²) < 4.78 is 0. The van der Waals surface area contributed by atoms with Crippen molar-refractivity contribution in [3.63, 3.8) is 0 Å². The van der Waals surface area contributed by atoms with Crippen molar-refractivity contribution in [2.45, 2.75) is 45.7 Å². The molecule has 1 unspecified atom stereocenters. The van der Waals surface area contributed by atoms with Crippen molar-refractivity contribution in [2.24, 2.45) is 5.73 Å². The molecule has 1 atom stereocenters. The number of nitrogens with two attached hydrogens (primary N) is 1. The minimum absolute atomic E-state index is 0.0200. The zero-order valence-corrected chi connectivity index (χ0v) is 13.6. The smallest absolute Gasteiger partial charge is 0.0704 e. The zero-order valence-electron chi connectivity index (χ0n) is 13.6. The molecule has 21 heavy (non-hydrogen) atoms. The molecule has 2 aromatic rings. The summed E-state index contributed by atoms with van der Waals surface area (Å²) >= 11 is 0. The molecule has 2 rings (SSSR count). The number of hydrogen-bond acceptors (Lipinski definition) is 3. The van der Waals surface area contributed by atoms with E-state index in [-0.39, 0.29) is 11.6 Å². The number of nitrogens with zero attached hydrogens (tertiary/aromatic N) is 2. The van der Waals surface area contributed by atoms with E-state index in [1.165, 1.54) is 10.9 Å². The normalized spacial score (nSPS) is 13.8. The first-order chi connectivity index (χ1) is 10.0. The van der Waals surface area contributed by atoms with E-state index < -0.39 is 0 Å². The second-order valence-electron chi connectivity index (χ2n) is 6.12. The number of likely N-dealkylation sites (N-methyl/N-ethyl adjacent to an activating group) is 1. The molecule has 1 heterocycles. The molecule has 1 aromatic heterocycles. The predicted molar refractivity (Wildman–Crippen MR) is 90.4 cm³/mol. The maximum Gasteiger partial charge on any atom is 0.0704 e. The molecule has 0 aliphatic heterocycles. The van der Waals surface area contributed by atoms with Crippen LogP contribution in [0.2, 0.25) is 0 Å². The van der Waals surface area contributed by atoms with Gasteiger partial charge in [-0.2, -0.15) is 0 Å². The topological polar surface area (TPSA) is 42.1 Å². The average Bonchev–Trinajstić information content (AvgIpc) is 2.48. The molecule has 114 valence electrons. The van der Waals surface area contributed by atoms with Crippen LogP contribution in [0.25, 0.3) is 10.9 Å². The lowest BCUT2D eigenvalue weighted by Crippen LogP contribution is -2.56. The predicted octanol–water partition coefficient (Wildman–Crippen LogP) is 3.23. The fourth-order valence-electron chi connectivity index (χ4n) is 3.09. The van der Waals surface area contributed by atoms with Crippen molar-refractivity contribution in [2.75, 3.05) is 13.1 Å². The second-order valence-corrected chi connectivity index (χ2v) is 6.12. The van der Waals surface area contributed by atoms with Crippen LogP contribution in [0.4, 0.5) is 0 Å². The highest BCUT2D eigenvalue weighted by molar-refractivity contribution is 5.81. The summed E-state index contributed by atoms with van der Waals surface area (Å²) in [5, 5.41) is 1.21. The molecule has 0 saturated carbocycles. The van der Waals surface area contributed by atoms with E-state index in [9.17, 15) is 0 Å². The molecule has 0 spiro atoms. The molecule has 0 fully saturated rings. The second kappa shape index (κ2) is 6.54. The molecule has 2 N–H and O–H groups in total. The molecule has 1 aromatic carbocycles. The van der Waals surface area contributed by atoms with Crippen molar-refractivity contribution in [1.29, 1.82) is 0 Å². The largest absolute Gasteiger partial charge is 0.326 e. The summed E-state index contributed by atoms with van der Waals surface area (Å²) in [6, 6.07) is 10.5. The summed E-state index contributed by atoms with van der Waals surface area (Å²) in [6.07, 6.45) is 2.75. The van der Waals surface area contributed by atoms with E-state index in [0.717, 1.165) is 25.0 Å². The highest BCUT2D eigenvalue weighted by Crippen LogP contribution is 2.23. The van der Waals surface area contributed by atoms with Crippen molar-refractivity contribution in [3.8, 4) is 0 Å². The molecule has 3 nitrogen and oxygen atoms in total. The Morgan fingerprint density at radius 3 is 2.48 bits per heavy atom. The molecule has 0 aliphatic rings. The summed E-state index contributed by atoms with van der Waals surface area (Å²) in [5.74, 6) is 0. The summed E-state index contributed by atoms with van der Waals surface area (Å²) in [5.41, 5.74) is 8.87. The summed E-state index contributed by atoms with van der Waals surface area (Å²) in [4.78, 5) is 6.86. The fourth-order valence-corrected chi connectivity index (χ4v) is 3.09. The number of benzene rings is 1. The maximum atomic E-state index is 6.56. The van der Waals surface area contributed by atoms with Crippen LogP contribution in [0.3, 0.4) is 0 Å². The Morgan fingerprint density at radius 1 is 1.14 bits per heavy atom. The number of rotatable bonds is 6. The average molecular weight is 285 g/mol. The number of pyridine rings is 1. The van der Waals surface area contributed by atoms with E-state index in [1.54, 1.807) is 0 Å². The van der Waals surface area contributed by atoms with E-state index in [4.69, 9.17) is 5.73 Å².